The van der Waals surface area contributed by atoms with Crippen molar-refractivity contribution in [3.05, 3.63) is 30.5 Å². The molecule has 1 fully saturated rings. The number of ketones is 1. The normalized spacial score (nSPS) is 20.3. The average molecular weight is 513 g/mol. The summed E-state index contributed by atoms with van der Waals surface area (Å²) < 4.78 is 0. The summed E-state index contributed by atoms with van der Waals surface area (Å²) >= 11 is 0. The van der Waals surface area contributed by atoms with Crippen molar-refractivity contribution in [2.75, 3.05) is 5.43 Å². The lowest BCUT2D eigenvalue weighted by molar-refractivity contribution is -0.122. The third-order valence-corrected chi connectivity index (χ3v) is 7.62. The van der Waals surface area contributed by atoms with E-state index in [2.05, 4.69) is 28.0 Å². The zero-order valence-corrected chi connectivity index (χ0v) is 22.2. The summed E-state index contributed by atoms with van der Waals surface area (Å²) in [5.74, 6) is 0.531. The van der Waals surface area contributed by atoms with Crippen LogP contribution in [0.3, 0.4) is 0 Å². The van der Waals surface area contributed by atoms with Crippen LogP contribution in [0.5, 0.6) is 0 Å². The Balaban J connectivity index is 1.27. The number of hydrazine groups is 1. The maximum Gasteiger partial charge on any atom is 0.238 e. The molecule has 204 valence electrons. The zero-order valence-electron chi connectivity index (χ0n) is 22.2. The van der Waals surface area contributed by atoms with Crippen LogP contribution < -0.4 is 10.9 Å². The summed E-state index contributed by atoms with van der Waals surface area (Å²) in [6.45, 7) is 2.15. The number of amides is 1. The van der Waals surface area contributed by atoms with E-state index in [4.69, 9.17) is 0 Å². The Hall–Kier alpha value is -2.58. The number of benzene rings is 1. The second-order valence-corrected chi connectivity index (χ2v) is 10.5. The summed E-state index contributed by atoms with van der Waals surface area (Å²) in [4.78, 5) is 24.6. The van der Waals surface area contributed by atoms with Gasteiger partial charge >= 0.3 is 0 Å². The van der Waals surface area contributed by atoms with Gasteiger partial charge in [0.2, 0.25) is 5.91 Å². The lowest BCUT2D eigenvalue weighted by atomic mass is 9.85. The third kappa shape index (κ3) is 9.34. The van der Waals surface area contributed by atoms with Gasteiger partial charge in [-0.05, 0) is 38.0 Å². The van der Waals surface area contributed by atoms with E-state index in [1.165, 1.54) is 0 Å². The van der Waals surface area contributed by atoms with Crippen LogP contribution in [0.25, 0.3) is 10.8 Å². The minimum Gasteiger partial charge on any atom is -0.393 e. The number of aliphatic hydroxyl groups is 2. The first-order chi connectivity index (χ1) is 18.0. The largest absolute Gasteiger partial charge is 0.393 e. The summed E-state index contributed by atoms with van der Waals surface area (Å²) in [5.41, 5.74) is 5.59. The zero-order chi connectivity index (χ0) is 26.5. The summed E-state index contributed by atoms with van der Waals surface area (Å²) in [6, 6.07) is 7.73. The second kappa shape index (κ2) is 15.6. The van der Waals surface area contributed by atoms with Gasteiger partial charge in [0, 0.05) is 29.5 Å². The third-order valence-electron chi connectivity index (χ3n) is 7.62. The highest BCUT2D eigenvalue weighted by molar-refractivity contribution is 5.91. The standard InChI is InChI=1S/C29H44N4O4/c1-2-3-7-13-22(34)17-18-25-24(26(35)19-27(25)36)15-8-5-4-6-9-16-28(37)31-33-29-23-14-11-10-12-21(23)20-30-32-29/h10-12,14,20,22,24-25,27,34,36H,2-9,13,15-19H2,1H3,(H,31,37)(H,32,33)/t22?,24-,25?,27?/m1/s1. The van der Waals surface area contributed by atoms with Crippen LogP contribution >= 0.6 is 0 Å². The van der Waals surface area contributed by atoms with Gasteiger partial charge in [-0.15, -0.1) is 5.10 Å². The summed E-state index contributed by atoms with van der Waals surface area (Å²) in [7, 11) is 0. The molecule has 1 aromatic heterocycles. The van der Waals surface area contributed by atoms with Crippen LogP contribution in [0.4, 0.5) is 5.82 Å². The van der Waals surface area contributed by atoms with Gasteiger partial charge in [0.1, 0.15) is 5.78 Å². The van der Waals surface area contributed by atoms with E-state index in [0.717, 1.165) is 81.4 Å². The minimum atomic E-state index is -0.563. The molecule has 0 spiro atoms. The molecule has 37 heavy (non-hydrogen) atoms. The maximum atomic E-state index is 12.4. The van der Waals surface area contributed by atoms with Crippen LogP contribution in [0.2, 0.25) is 0 Å². The van der Waals surface area contributed by atoms with E-state index < -0.39 is 6.10 Å². The van der Waals surface area contributed by atoms with Crippen molar-refractivity contribution >= 4 is 28.3 Å². The molecule has 0 aliphatic heterocycles. The molecule has 1 amide bonds. The Bertz CT molecular complexity index is 980. The summed E-state index contributed by atoms with van der Waals surface area (Å²) in [5, 5.41) is 30.5. The molecule has 1 aliphatic carbocycles. The number of anilines is 1. The number of fused-ring (bicyclic) bond motifs is 1. The molecule has 4 atom stereocenters. The molecule has 0 bridgehead atoms. The van der Waals surface area contributed by atoms with Gasteiger partial charge in [0.15, 0.2) is 5.82 Å². The molecular weight excluding hydrogens is 468 g/mol. The molecule has 0 radical (unpaired) electrons. The molecule has 4 N–H and O–H groups in total. The summed E-state index contributed by atoms with van der Waals surface area (Å²) in [6.07, 6.45) is 12.5. The van der Waals surface area contributed by atoms with Gasteiger partial charge in [-0.1, -0.05) is 76.1 Å². The molecule has 1 aromatic carbocycles. The fraction of sp³-hybridized carbons (Fsp3) is 0.655. The topological polar surface area (TPSA) is 124 Å². The van der Waals surface area contributed by atoms with E-state index in [1.807, 2.05) is 24.3 Å². The first kappa shape index (κ1) is 29.0. The van der Waals surface area contributed by atoms with E-state index >= 15 is 0 Å². The molecule has 1 aliphatic rings. The average Bonchev–Trinajstić information content (AvgIpc) is 3.17. The van der Waals surface area contributed by atoms with Crippen LogP contribution in [0.1, 0.15) is 96.8 Å². The van der Waals surface area contributed by atoms with E-state index in [-0.39, 0.29) is 36.1 Å². The van der Waals surface area contributed by atoms with Gasteiger partial charge < -0.3 is 10.2 Å². The number of aliphatic hydroxyl groups excluding tert-OH is 2. The monoisotopic (exact) mass is 512 g/mol. The quantitative estimate of drug-likeness (QED) is 0.172. The van der Waals surface area contributed by atoms with Gasteiger partial charge in [-0.25, -0.2) is 0 Å². The van der Waals surface area contributed by atoms with Crippen molar-refractivity contribution in [3.8, 4) is 0 Å². The van der Waals surface area contributed by atoms with Gasteiger partial charge in [0.25, 0.3) is 0 Å². The molecule has 0 saturated heterocycles. The highest BCUT2D eigenvalue weighted by Gasteiger charge is 2.40. The Kier molecular flexibility index (Phi) is 12.2. The Morgan fingerprint density at radius 3 is 2.68 bits per heavy atom. The first-order valence-electron chi connectivity index (χ1n) is 14.1. The number of carbonyl (C=O) groups excluding carboxylic acids is 2. The Morgan fingerprint density at radius 1 is 1.05 bits per heavy atom. The highest BCUT2D eigenvalue weighted by atomic mass is 16.3. The van der Waals surface area contributed by atoms with E-state index in [0.29, 0.717) is 18.7 Å². The fourth-order valence-corrected chi connectivity index (χ4v) is 5.44. The van der Waals surface area contributed by atoms with E-state index in [1.54, 1.807) is 6.20 Å². The molecule has 1 saturated carbocycles. The number of rotatable bonds is 17. The number of aromatic nitrogens is 2. The van der Waals surface area contributed by atoms with E-state index in [9.17, 15) is 19.8 Å². The number of hydrogen-bond acceptors (Lipinski definition) is 7. The molecule has 1 heterocycles. The van der Waals surface area contributed by atoms with Gasteiger partial charge in [-0.2, -0.15) is 5.10 Å². The fourth-order valence-electron chi connectivity index (χ4n) is 5.44. The predicted molar refractivity (Wildman–Crippen MR) is 146 cm³/mol. The Morgan fingerprint density at radius 2 is 1.84 bits per heavy atom. The van der Waals surface area contributed by atoms with Gasteiger partial charge in [0.05, 0.1) is 18.4 Å². The number of hydrogen-bond donors (Lipinski definition) is 4. The number of Topliss-reactive ketones (excluding diaryl/α,β-unsaturated/α-hetero) is 1. The van der Waals surface area contributed by atoms with Crippen LogP contribution in [0.15, 0.2) is 30.5 Å². The number of carbonyl (C=O) groups is 2. The van der Waals surface area contributed by atoms with Crippen molar-refractivity contribution in [1.82, 2.24) is 15.6 Å². The molecular formula is C29H44N4O4. The predicted octanol–water partition coefficient (Wildman–Crippen LogP) is 5.09. The number of nitrogens with zero attached hydrogens (tertiary/aromatic N) is 2. The van der Waals surface area contributed by atoms with Crippen molar-refractivity contribution in [1.29, 1.82) is 0 Å². The van der Waals surface area contributed by atoms with Crippen molar-refractivity contribution in [2.24, 2.45) is 11.8 Å². The van der Waals surface area contributed by atoms with Crippen molar-refractivity contribution in [2.45, 2.75) is 109 Å². The minimum absolute atomic E-state index is 0.0176. The van der Waals surface area contributed by atoms with Crippen LogP contribution in [-0.4, -0.2) is 44.3 Å². The van der Waals surface area contributed by atoms with Crippen molar-refractivity contribution < 1.29 is 19.8 Å². The SMILES string of the molecule is CCCCCC(O)CCC1C(O)CC(=O)[C@@H]1CCCCCCCC(=O)NNc1nncc2ccccc12. The first-order valence-corrected chi connectivity index (χ1v) is 14.1. The molecule has 8 nitrogen and oxygen atoms in total. The number of nitrogens with one attached hydrogen (secondary N) is 2. The Labute approximate surface area is 220 Å². The highest BCUT2D eigenvalue weighted by Crippen LogP contribution is 2.36. The second-order valence-electron chi connectivity index (χ2n) is 10.5. The smallest absolute Gasteiger partial charge is 0.238 e. The molecule has 8 heteroatoms. The lowest BCUT2D eigenvalue weighted by Crippen LogP contribution is -2.29. The van der Waals surface area contributed by atoms with Crippen LogP contribution in [-0.2, 0) is 9.59 Å². The molecule has 3 unspecified atom stereocenters. The van der Waals surface area contributed by atoms with Crippen LogP contribution in [0, 0.1) is 11.8 Å². The maximum absolute atomic E-state index is 12.4. The van der Waals surface area contributed by atoms with Crippen molar-refractivity contribution in [3.63, 3.8) is 0 Å². The number of unbranched alkanes of at least 4 members (excludes halogenated alkanes) is 6. The van der Waals surface area contributed by atoms with Gasteiger partial charge in [-0.3, -0.25) is 20.4 Å². The lowest BCUT2D eigenvalue weighted by Gasteiger charge is -2.22. The molecule has 2 aromatic rings. The molecule has 3 rings (SSSR count).